The fraction of sp³-hybridized carbons (Fsp3) is 0.167. The van der Waals surface area contributed by atoms with Crippen LogP contribution in [-0.2, 0) is 14.5 Å². The topological polar surface area (TPSA) is 37.4 Å². The zero-order valence-electron chi connectivity index (χ0n) is 15.2. The Morgan fingerprint density at radius 3 is 1.97 bits per heavy atom. The molecule has 0 saturated carbocycles. The van der Waals surface area contributed by atoms with Crippen LogP contribution in [0.3, 0.4) is 0 Å². The highest BCUT2D eigenvalue weighted by molar-refractivity contribution is 6.33. The van der Waals surface area contributed by atoms with Crippen molar-refractivity contribution in [3.8, 4) is 0 Å². The first-order valence-corrected chi connectivity index (χ1v) is 9.93. The van der Waals surface area contributed by atoms with E-state index in [1.165, 1.54) is 18.2 Å². The number of anilines is 1. The molecular weight excluding hydrogens is 389 g/mol. The number of hydrogen-bond acceptors (Lipinski definition) is 2. The summed E-state index contributed by atoms with van der Waals surface area (Å²) >= 11 is 7.32. The number of hydrogen-bond donors (Lipinski definition) is 0. The van der Waals surface area contributed by atoms with Gasteiger partial charge in [-0.15, -0.1) is 11.6 Å². The summed E-state index contributed by atoms with van der Waals surface area (Å²) in [7, 11) is 0. The molecule has 1 saturated heterocycles. The first-order chi connectivity index (χ1) is 14.0. The molecular formula is C24H15ClFNO2. The van der Waals surface area contributed by atoms with Crippen LogP contribution in [0.5, 0.6) is 0 Å². The number of amides is 2. The van der Waals surface area contributed by atoms with Gasteiger partial charge in [0.2, 0.25) is 11.8 Å². The average Bonchev–Trinajstić information content (AvgIpc) is 3.01. The fourth-order valence-corrected chi connectivity index (χ4v) is 6.12. The van der Waals surface area contributed by atoms with Gasteiger partial charge in [-0.1, -0.05) is 60.7 Å². The number of carbonyl (C=O) groups is 2. The molecule has 0 aromatic heterocycles. The van der Waals surface area contributed by atoms with Crippen molar-refractivity contribution < 1.29 is 14.0 Å². The summed E-state index contributed by atoms with van der Waals surface area (Å²) in [6.45, 7) is 0. The highest BCUT2D eigenvalue weighted by Crippen LogP contribution is 2.65. The van der Waals surface area contributed by atoms with Crippen LogP contribution in [0.15, 0.2) is 72.8 Å². The second-order valence-electron chi connectivity index (χ2n) is 7.83. The van der Waals surface area contributed by atoms with E-state index in [-0.39, 0.29) is 17.5 Å². The highest BCUT2D eigenvalue weighted by atomic mass is 35.5. The third-order valence-corrected chi connectivity index (χ3v) is 7.25. The normalized spacial score (nSPS) is 28.9. The maximum absolute atomic E-state index is 14.5. The molecule has 29 heavy (non-hydrogen) atoms. The molecule has 0 N–H and O–H groups in total. The van der Waals surface area contributed by atoms with Crippen LogP contribution < -0.4 is 4.90 Å². The second-order valence-corrected chi connectivity index (χ2v) is 8.43. The molecule has 4 aliphatic rings. The fourth-order valence-electron chi connectivity index (χ4n) is 5.55. The van der Waals surface area contributed by atoms with Gasteiger partial charge in [0, 0.05) is 5.92 Å². The minimum atomic E-state index is -1.15. The quantitative estimate of drug-likeness (QED) is 0.441. The number of alkyl halides is 1. The Kier molecular flexibility index (Phi) is 3.24. The van der Waals surface area contributed by atoms with E-state index in [1.807, 2.05) is 48.5 Å². The van der Waals surface area contributed by atoms with Crippen molar-refractivity contribution in [2.75, 3.05) is 4.90 Å². The van der Waals surface area contributed by atoms with Crippen molar-refractivity contribution in [2.45, 2.75) is 10.8 Å². The van der Waals surface area contributed by atoms with Crippen LogP contribution in [0.4, 0.5) is 10.1 Å². The molecule has 5 heteroatoms. The van der Waals surface area contributed by atoms with Crippen LogP contribution >= 0.6 is 11.6 Å². The molecule has 1 fully saturated rings. The van der Waals surface area contributed by atoms with Crippen LogP contribution in [0.2, 0.25) is 0 Å². The smallest absolute Gasteiger partial charge is 0.240 e. The van der Waals surface area contributed by atoms with Gasteiger partial charge in [0.05, 0.1) is 17.5 Å². The van der Waals surface area contributed by atoms with Crippen molar-refractivity contribution in [3.05, 3.63) is 101 Å². The van der Waals surface area contributed by atoms with Gasteiger partial charge in [0.15, 0.2) is 0 Å². The number of benzene rings is 3. The Morgan fingerprint density at radius 2 is 1.34 bits per heavy atom. The Balaban J connectivity index is 1.64. The molecule has 1 heterocycles. The molecule has 3 aromatic carbocycles. The maximum Gasteiger partial charge on any atom is 0.240 e. The zero-order chi connectivity index (χ0) is 19.9. The summed E-state index contributed by atoms with van der Waals surface area (Å²) in [5, 5.41) is 0. The summed E-state index contributed by atoms with van der Waals surface area (Å²) < 4.78 is 14.5. The van der Waals surface area contributed by atoms with E-state index in [4.69, 9.17) is 11.6 Å². The molecule has 2 amide bonds. The minimum Gasteiger partial charge on any atom is -0.274 e. The lowest BCUT2D eigenvalue weighted by atomic mass is 9.54. The largest absolute Gasteiger partial charge is 0.274 e. The minimum absolute atomic E-state index is 0.00956. The molecule has 0 radical (unpaired) electrons. The molecule has 0 unspecified atom stereocenters. The molecule has 142 valence electrons. The van der Waals surface area contributed by atoms with E-state index in [0.29, 0.717) is 0 Å². The lowest BCUT2D eigenvalue weighted by molar-refractivity contribution is -0.122. The van der Waals surface area contributed by atoms with Crippen molar-refractivity contribution in [1.29, 1.82) is 0 Å². The standard InChI is InChI=1S/C24H15ClFNO2/c25-24-15-9-3-1-7-13(15)19(14-8-2-4-10-16(14)24)20-21(24)23(29)27(22(20)28)18-12-6-5-11-17(18)26/h1-12,19-21H/t19?,20-,21-,24?/m0/s1. The monoisotopic (exact) mass is 403 g/mol. The predicted octanol–water partition coefficient (Wildman–Crippen LogP) is 4.57. The van der Waals surface area contributed by atoms with Gasteiger partial charge in [-0.05, 0) is 34.4 Å². The highest BCUT2D eigenvalue weighted by Gasteiger charge is 2.68. The summed E-state index contributed by atoms with van der Waals surface area (Å²) in [5.74, 6) is -3.12. The maximum atomic E-state index is 14.5. The summed E-state index contributed by atoms with van der Waals surface area (Å²) in [4.78, 5) is 27.0. The average molecular weight is 404 g/mol. The lowest BCUT2D eigenvalue weighted by Crippen LogP contribution is -2.50. The molecule has 7 rings (SSSR count). The Labute approximate surface area is 171 Å². The van der Waals surface area contributed by atoms with Gasteiger partial charge < -0.3 is 0 Å². The Hall–Kier alpha value is -2.98. The van der Waals surface area contributed by atoms with Crippen LogP contribution in [-0.4, -0.2) is 11.8 Å². The third kappa shape index (κ3) is 1.88. The molecule has 3 aromatic rings. The van der Waals surface area contributed by atoms with Gasteiger partial charge in [-0.25, -0.2) is 9.29 Å². The van der Waals surface area contributed by atoms with Crippen LogP contribution in [0.1, 0.15) is 28.2 Å². The van der Waals surface area contributed by atoms with Crippen molar-refractivity contribution >= 4 is 29.1 Å². The Morgan fingerprint density at radius 1 is 0.793 bits per heavy atom. The van der Waals surface area contributed by atoms with E-state index in [9.17, 15) is 14.0 Å². The number of para-hydroxylation sites is 1. The number of nitrogens with zero attached hydrogens (tertiary/aromatic N) is 1. The van der Waals surface area contributed by atoms with E-state index >= 15 is 0 Å². The number of imide groups is 1. The van der Waals surface area contributed by atoms with Gasteiger partial charge in [0.1, 0.15) is 10.7 Å². The zero-order valence-corrected chi connectivity index (χ0v) is 15.9. The van der Waals surface area contributed by atoms with Crippen LogP contribution in [0, 0.1) is 17.7 Å². The molecule has 2 atom stereocenters. The lowest BCUT2D eigenvalue weighted by Gasteiger charge is -2.50. The van der Waals surface area contributed by atoms with Gasteiger partial charge >= 0.3 is 0 Å². The van der Waals surface area contributed by atoms with Gasteiger partial charge in [-0.3, -0.25) is 9.59 Å². The van der Waals surface area contributed by atoms with Crippen molar-refractivity contribution in [1.82, 2.24) is 0 Å². The summed E-state index contributed by atoms with van der Waals surface area (Å²) in [6, 6.07) is 21.4. The summed E-state index contributed by atoms with van der Waals surface area (Å²) in [6.07, 6.45) is 0. The van der Waals surface area contributed by atoms with Crippen molar-refractivity contribution in [3.63, 3.8) is 0 Å². The molecule has 1 aliphatic heterocycles. The van der Waals surface area contributed by atoms with Gasteiger partial charge in [0.25, 0.3) is 0 Å². The SMILES string of the molecule is O=C1[C@@H]2[C@@H](C(=O)N1c1ccccc1F)C1c3ccccc3C2(Cl)c2ccccc21. The van der Waals surface area contributed by atoms with Gasteiger partial charge in [-0.2, -0.15) is 0 Å². The molecule has 3 nitrogen and oxygen atoms in total. The van der Waals surface area contributed by atoms with E-state index in [1.54, 1.807) is 6.07 Å². The molecule has 2 bridgehead atoms. The number of halogens is 2. The summed E-state index contributed by atoms with van der Waals surface area (Å²) in [5.41, 5.74) is 3.66. The van der Waals surface area contributed by atoms with E-state index in [2.05, 4.69) is 0 Å². The third-order valence-electron chi connectivity index (χ3n) is 6.61. The van der Waals surface area contributed by atoms with E-state index in [0.717, 1.165) is 27.2 Å². The first kappa shape index (κ1) is 16.9. The molecule has 0 spiro atoms. The predicted molar refractivity (Wildman–Crippen MR) is 107 cm³/mol. The van der Waals surface area contributed by atoms with Crippen molar-refractivity contribution in [2.24, 2.45) is 11.8 Å². The second kappa shape index (κ2) is 5.55. The Bertz CT molecular complexity index is 1180. The number of carbonyl (C=O) groups excluding carboxylic acids is 2. The van der Waals surface area contributed by atoms with Crippen LogP contribution in [0.25, 0.3) is 0 Å². The van der Waals surface area contributed by atoms with E-state index < -0.39 is 28.4 Å². The molecule has 3 aliphatic carbocycles. The number of rotatable bonds is 1. The first-order valence-electron chi connectivity index (χ1n) is 9.55.